The number of likely N-dealkylation sites (tertiary alicyclic amines) is 1. The van der Waals surface area contributed by atoms with Gasteiger partial charge in [-0.2, -0.15) is 0 Å². The average molecular weight is 475 g/mol. The van der Waals surface area contributed by atoms with Crippen LogP contribution in [0.25, 0.3) is 0 Å². The van der Waals surface area contributed by atoms with Crippen LogP contribution in [0, 0.1) is 17.7 Å². The van der Waals surface area contributed by atoms with Crippen molar-refractivity contribution in [1.82, 2.24) is 4.90 Å². The molecular weight excluding hydrogens is 439 g/mol. The molecule has 0 bridgehead atoms. The molecule has 0 aromatic heterocycles. The number of aliphatic imine (C=N–C) groups is 2. The minimum atomic E-state index is -1.01. The van der Waals surface area contributed by atoms with Gasteiger partial charge in [0.2, 0.25) is 5.91 Å². The van der Waals surface area contributed by atoms with E-state index >= 15 is 0 Å². The van der Waals surface area contributed by atoms with E-state index < -0.39 is 17.6 Å². The molecule has 2 unspecified atom stereocenters. The Kier molecular flexibility index (Phi) is 9.38. The van der Waals surface area contributed by atoms with E-state index in [1.165, 1.54) is 36.9 Å². The van der Waals surface area contributed by atoms with E-state index in [1.807, 2.05) is 0 Å². The Morgan fingerprint density at radius 1 is 1.09 bits per heavy atom. The van der Waals surface area contributed by atoms with Crippen LogP contribution >= 0.6 is 0 Å². The number of benzene rings is 1. The van der Waals surface area contributed by atoms with Crippen LogP contribution < -0.4 is 17.2 Å². The minimum Gasteiger partial charge on any atom is -0.446 e. The van der Waals surface area contributed by atoms with Gasteiger partial charge in [-0.3, -0.25) is 9.79 Å². The predicted octanol–water partition coefficient (Wildman–Crippen LogP) is 2.50. The molecular formula is C24H35FN6O3. The van der Waals surface area contributed by atoms with E-state index in [9.17, 15) is 14.0 Å². The van der Waals surface area contributed by atoms with Crippen molar-refractivity contribution in [3.05, 3.63) is 30.1 Å². The van der Waals surface area contributed by atoms with Gasteiger partial charge in [0.25, 0.3) is 0 Å². The first kappa shape index (κ1) is 25.6. The van der Waals surface area contributed by atoms with Gasteiger partial charge in [0.15, 0.2) is 0 Å². The molecule has 2 amide bonds. The minimum absolute atomic E-state index is 0.0288. The second-order valence-electron chi connectivity index (χ2n) is 8.96. The number of nitrogens with zero attached hydrogens (tertiary/aromatic N) is 3. The molecule has 34 heavy (non-hydrogen) atoms. The zero-order valence-corrected chi connectivity index (χ0v) is 19.4. The molecule has 1 aromatic rings. The highest BCUT2D eigenvalue weighted by atomic mass is 19.1. The normalized spacial score (nSPS) is 20.3. The highest BCUT2D eigenvalue weighted by Gasteiger charge is 2.30. The molecule has 1 saturated heterocycles. The Morgan fingerprint density at radius 2 is 1.74 bits per heavy atom. The zero-order chi connectivity index (χ0) is 24.5. The summed E-state index contributed by atoms with van der Waals surface area (Å²) in [6.07, 6.45) is 7.99. The van der Waals surface area contributed by atoms with Gasteiger partial charge < -0.3 is 26.8 Å². The van der Waals surface area contributed by atoms with E-state index in [2.05, 4.69) is 9.98 Å². The maximum Gasteiger partial charge on any atom is 0.410 e. The van der Waals surface area contributed by atoms with Crippen molar-refractivity contribution in [2.75, 3.05) is 19.6 Å². The summed E-state index contributed by atoms with van der Waals surface area (Å²) in [5.41, 5.74) is 17.9. The molecule has 1 aliphatic heterocycles. The lowest BCUT2D eigenvalue weighted by atomic mass is 9.89. The number of halogens is 1. The molecule has 2 atom stereocenters. The number of nitrogens with two attached hydrogens (primary N) is 3. The molecule has 10 heteroatoms. The molecule has 0 spiro atoms. The van der Waals surface area contributed by atoms with Crippen LogP contribution in [-0.2, 0) is 9.53 Å². The van der Waals surface area contributed by atoms with Gasteiger partial charge in [-0.25, -0.2) is 14.2 Å². The number of hydrogen-bond donors (Lipinski definition) is 3. The van der Waals surface area contributed by atoms with Crippen LogP contribution in [-0.4, -0.2) is 60.7 Å². The third kappa shape index (κ3) is 7.24. The number of rotatable bonds is 8. The standard InChI is InChI=1S/C24H35FN6O3/c25-17-6-8-18(9-7-17)30-22(27)20(23(28)32)15-29-21(14-26)16-10-12-31(13-11-16)24(33)34-19-4-2-1-3-5-19/h6-9,15-16,19-21H,1-5,10-14,26H2,(H2,27,30)(H2,28,32). The van der Waals surface area contributed by atoms with Gasteiger partial charge in [0.05, 0.1) is 11.7 Å². The quantitative estimate of drug-likeness (QED) is 0.391. The number of ether oxygens (including phenoxy) is 1. The fourth-order valence-corrected chi connectivity index (χ4v) is 4.47. The van der Waals surface area contributed by atoms with Gasteiger partial charge in [0, 0.05) is 25.8 Å². The molecule has 3 rings (SSSR count). The maximum absolute atomic E-state index is 13.1. The average Bonchev–Trinajstić information content (AvgIpc) is 2.84. The number of primary amides is 1. The largest absolute Gasteiger partial charge is 0.446 e. The van der Waals surface area contributed by atoms with Crippen LogP contribution in [0.4, 0.5) is 14.9 Å². The number of amides is 2. The van der Waals surface area contributed by atoms with E-state index in [4.69, 9.17) is 21.9 Å². The summed E-state index contributed by atoms with van der Waals surface area (Å²) in [5, 5.41) is 0. The number of carbonyl (C=O) groups excluding carboxylic acids is 2. The monoisotopic (exact) mass is 474 g/mol. The number of amidine groups is 1. The van der Waals surface area contributed by atoms with E-state index in [1.54, 1.807) is 4.90 Å². The Labute approximate surface area is 199 Å². The van der Waals surface area contributed by atoms with Gasteiger partial charge >= 0.3 is 6.09 Å². The molecule has 2 aliphatic rings. The molecule has 0 radical (unpaired) electrons. The molecule has 1 saturated carbocycles. The predicted molar refractivity (Wildman–Crippen MR) is 129 cm³/mol. The highest BCUT2D eigenvalue weighted by molar-refractivity contribution is 6.14. The third-order valence-corrected chi connectivity index (χ3v) is 6.54. The summed E-state index contributed by atoms with van der Waals surface area (Å²) < 4.78 is 18.8. The summed E-state index contributed by atoms with van der Waals surface area (Å²) in [7, 11) is 0. The number of carbonyl (C=O) groups is 2. The molecule has 6 N–H and O–H groups in total. The molecule has 2 fully saturated rings. The fourth-order valence-electron chi connectivity index (χ4n) is 4.47. The van der Waals surface area contributed by atoms with E-state index in [0.29, 0.717) is 18.8 Å². The Hall–Kier alpha value is -3.01. The van der Waals surface area contributed by atoms with Gasteiger partial charge in [-0.15, -0.1) is 0 Å². The Balaban J connectivity index is 1.56. The lowest BCUT2D eigenvalue weighted by Gasteiger charge is -2.35. The summed E-state index contributed by atoms with van der Waals surface area (Å²) in [6, 6.07) is 5.17. The maximum atomic E-state index is 13.1. The Morgan fingerprint density at radius 3 is 2.32 bits per heavy atom. The zero-order valence-electron chi connectivity index (χ0n) is 19.4. The van der Waals surface area contributed by atoms with Crippen LogP contribution in [0.5, 0.6) is 0 Å². The van der Waals surface area contributed by atoms with Crippen molar-refractivity contribution in [3.63, 3.8) is 0 Å². The highest BCUT2D eigenvalue weighted by Crippen LogP contribution is 2.25. The van der Waals surface area contributed by atoms with Gasteiger partial charge in [-0.05, 0) is 68.7 Å². The first-order chi connectivity index (χ1) is 16.4. The Bertz CT molecular complexity index is 877. The molecule has 1 aromatic carbocycles. The van der Waals surface area contributed by atoms with Crippen molar-refractivity contribution in [1.29, 1.82) is 0 Å². The lowest BCUT2D eigenvalue weighted by Crippen LogP contribution is -2.44. The number of hydrogen-bond acceptors (Lipinski definition) is 6. The van der Waals surface area contributed by atoms with Crippen molar-refractivity contribution in [2.45, 2.75) is 57.1 Å². The van der Waals surface area contributed by atoms with Gasteiger partial charge in [-0.1, -0.05) is 6.42 Å². The second kappa shape index (κ2) is 12.5. The van der Waals surface area contributed by atoms with Crippen molar-refractivity contribution in [2.24, 2.45) is 39.0 Å². The third-order valence-electron chi connectivity index (χ3n) is 6.54. The summed E-state index contributed by atoms with van der Waals surface area (Å²) in [5.74, 6) is -1.97. The number of piperidine rings is 1. The topological polar surface area (TPSA) is 149 Å². The summed E-state index contributed by atoms with van der Waals surface area (Å²) in [4.78, 5) is 34.9. The first-order valence-electron chi connectivity index (χ1n) is 11.9. The summed E-state index contributed by atoms with van der Waals surface area (Å²) >= 11 is 0. The SMILES string of the molecule is NCC(N=CC(C(N)=O)C(N)=Nc1ccc(F)cc1)C1CCN(C(=O)OC2CCCCC2)CC1. The van der Waals surface area contributed by atoms with Crippen LogP contribution in [0.3, 0.4) is 0 Å². The molecule has 1 heterocycles. The van der Waals surface area contributed by atoms with Crippen LogP contribution in [0.2, 0.25) is 0 Å². The molecule has 9 nitrogen and oxygen atoms in total. The second-order valence-corrected chi connectivity index (χ2v) is 8.96. The van der Waals surface area contributed by atoms with E-state index in [-0.39, 0.29) is 36.5 Å². The van der Waals surface area contributed by atoms with Gasteiger partial charge in [0.1, 0.15) is 23.7 Å². The van der Waals surface area contributed by atoms with Crippen LogP contribution in [0.15, 0.2) is 34.3 Å². The molecule has 186 valence electrons. The van der Waals surface area contributed by atoms with Crippen molar-refractivity contribution < 1.29 is 18.7 Å². The van der Waals surface area contributed by atoms with Crippen molar-refractivity contribution >= 4 is 29.7 Å². The van der Waals surface area contributed by atoms with E-state index in [0.717, 1.165) is 38.5 Å². The summed E-state index contributed by atoms with van der Waals surface area (Å²) in [6.45, 7) is 1.44. The molecule has 1 aliphatic carbocycles. The fraction of sp³-hybridized carbons (Fsp3) is 0.583. The first-order valence-corrected chi connectivity index (χ1v) is 11.9. The van der Waals surface area contributed by atoms with Crippen LogP contribution in [0.1, 0.15) is 44.9 Å². The smallest absolute Gasteiger partial charge is 0.410 e. The van der Waals surface area contributed by atoms with Crippen molar-refractivity contribution in [3.8, 4) is 0 Å². The lowest BCUT2D eigenvalue weighted by molar-refractivity contribution is -0.118.